The van der Waals surface area contributed by atoms with Crippen LogP contribution in [-0.2, 0) is 0 Å². The molecule has 0 unspecified atom stereocenters. The van der Waals surface area contributed by atoms with Crippen LogP contribution in [0.5, 0.6) is 0 Å². The molecule has 0 saturated heterocycles. The Kier molecular flexibility index (Phi) is 3.34. The van der Waals surface area contributed by atoms with E-state index in [9.17, 15) is 20.2 Å². The number of hydrogen-bond donors (Lipinski definition) is 0. The van der Waals surface area contributed by atoms with E-state index in [1.54, 1.807) is 6.92 Å². The van der Waals surface area contributed by atoms with E-state index in [1.165, 1.54) is 18.2 Å². The van der Waals surface area contributed by atoms with Gasteiger partial charge in [-0.15, -0.1) is 6.58 Å². The molecule has 0 atom stereocenters. The Hall–Kier alpha value is -2.24. The summed E-state index contributed by atoms with van der Waals surface area (Å²) in [6, 6.07) is 3.49. The van der Waals surface area contributed by atoms with E-state index in [1.807, 2.05) is 0 Å². The summed E-state index contributed by atoms with van der Waals surface area (Å²) in [6.45, 7) is 5.19. The van der Waals surface area contributed by atoms with Crippen LogP contribution in [0.2, 0.25) is 0 Å². The molecule has 0 aliphatic rings. The van der Waals surface area contributed by atoms with E-state index in [-0.39, 0.29) is 11.4 Å². The number of allylic oxidation sites excluding steroid dienone is 1. The maximum atomic E-state index is 10.6. The average Bonchev–Trinajstić information content (AvgIpc) is 2.27. The van der Waals surface area contributed by atoms with Crippen LogP contribution in [-0.4, -0.2) is 9.85 Å². The van der Waals surface area contributed by atoms with Crippen molar-refractivity contribution in [1.82, 2.24) is 0 Å². The lowest BCUT2D eigenvalue weighted by Crippen LogP contribution is -1.97. The third kappa shape index (κ3) is 2.41. The van der Waals surface area contributed by atoms with E-state index >= 15 is 0 Å². The quantitative estimate of drug-likeness (QED) is 0.577. The first-order valence-electron chi connectivity index (χ1n) is 4.36. The fraction of sp³-hybridized carbons (Fsp3) is 0.100. The second-order valence-electron chi connectivity index (χ2n) is 3.14. The van der Waals surface area contributed by atoms with Crippen LogP contribution < -0.4 is 0 Å². The number of nitrogens with zero attached hydrogens (tertiary/aromatic N) is 2. The number of rotatable bonds is 4. The molecule has 0 bridgehead atoms. The number of benzene rings is 1. The summed E-state index contributed by atoms with van der Waals surface area (Å²) in [5.74, 6) is 0.645. The summed E-state index contributed by atoms with van der Waals surface area (Å²) in [5, 5.41) is 21.2. The predicted molar refractivity (Wildman–Crippen MR) is 58.0 cm³/mol. The van der Waals surface area contributed by atoms with Gasteiger partial charge in [-0.2, -0.15) is 0 Å². The fourth-order valence-electron chi connectivity index (χ4n) is 1.15. The van der Waals surface area contributed by atoms with Gasteiger partial charge in [0.2, 0.25) is 0 Å². The van der Waals surface area contributed by atoms with Crippen molar-refractivity contribution in [2.75, 3.05) is 0 Å². The summed E-state index contributed by atoms with van der Waals surface area (Å²) in [5.41, 5.74) is -0.174. The largest absolute Gasteiger partial charge is 0.276 e. The molecule has 1 rings (SSSR count). The average molecular weight is 221 g/mol. The van der Waals surface area contributed by atoms with Gasteiger partial charge in [-0.05, 0) is 5.56 Å². The molecule has 16 heavy (non-hydrogen) atoms. The van der Waals surface area contributed by atoms with Crippen molar-refractivity contribution in [3.63, 3.8) is 0 Å². The van der Waals surface area contributed by atoms with Gasteiger partial charge in [0.15, 0.2) is 0 Å². The van der Waals surface area contributed by atoms with Crippen molar-refractivity contribution in [3.05, 3.63) is 62.6 Å². The molecule has 6 nitrogen and oxygen atoms in total. The lowest BCUT2D eigenvalue weighted by molar-refractivity contribution is -0.394. The van der Waals surface area contributed by atoms with Gasteiger partial charge in [0, 0.05) is 18.1 Å². The van der Waals surface area contributed by atoms with Gasteiger partial charge in [-0.1, -0.05) is 13.0 Å². The number of non-ortho nitro benzene ring substituents is 2. The summed E-state index contributed by atoms with van der Waals surface area (Å²) in [6.07, 6.45) is 1.49. The second kappa shape index (κ2) is 4.52. The maximum Gasteiger partial charge on any atom is 0.276 e. The molecule has 0 aliphatic heterocycles. The topological polar surface area (TPSA) is 86.3 Å². The highest BCUT2D eigenvalue weighted by molar-refractivity contribution is 5.52. The standard InChI is InChI=1S/C10H9N2O4/c1-3-7(2)8-4-9(11(13)14)6-10(5-8)12(15)16/h3-6H,1H2,2H3. The minimum Gasteiger partial charge on any atom is -0.258 e. The molecule has 0 amide bonds. The highest BCUT2D eigenvalue weighted by Crippen LogP contribution is 2.27. The minimum atomic E-state index is -0.660. The Balaban J connectivity index is 3.34. The fourth-order valence-corrected chi connectivity index (χ4v) is 1.15. The smallest absolute Gasteiger partial charge is 0.258 e. The molecular formula is C10H9N2O4. The molecule has 0 fully saturated rings. The van der Waals surface area contributed by atoms with Crippen LogP contribution in [0.1, 0.15) is 12.5 Å². The molecule has 6 heteroatoms. The SMILES string of the molecule is C=C[C](C)c1cc([N+](=O)[O-])cc([N+](=O)[O-])c1. The first kappa shape index (κ1) is 11.8. The highest BCUT2D eigenvalue weighted by atomic mass is 16.6. The van der Waals surface area contributed by atoms with Crippen LogP contribution in [0.25, 0.3) is 0 Å². The molecule has 1 aromatic rings. The molecule has 0 heterocycles. The van der Waals surface area contributed by atoms with Crippen LogP contribution in [0.4, 0.5) is 11.4 Å². The zero-order valence-corrected chi connectivity index (χ0v) is 8.54. The Bertz CT molecular complexity index is 424. The third-order valence-corrected chi connectivity index (χ3v) is 2.09. The Morgan fingerprint density at radius 2 is 1.62 bits per heavy atom. The van der Waals surface area contributed by atoms with Crippen molar-refractivity contribution < 1.29 is 9.85 Å². The van der Waals surface area contributed by atoms with Crippen LogP contribution >= 0.6 is 0 Å². The first-order chi connectivity index (χ1) is 7.45. The lowest BCUT2D eigenvalue weighted by Gasteiger charge is -2.04. The lowest BCUT2D eigenvalue weighted by atomic mass is 10.0. The molecule has 0 N–H and O–H groups in total. The summed E-state index contributed by atoms with van der Waals surface area (Å²) in [4.78, 5) is 19.9. The predicted octanol–water partition coefficient (Wildman–Crippen LogP) is 2.63. The van der Waals surface area contributed by atoms with Gasteiger partial charge in [-0.3, -0.25) is 20.2 Å². The van der Waals surface area contributed by atoms with E-state index in [2.05, 4.69) is 6.58 Å². The molecule has 83 valence electrons. The van der Waals surface area contributed by atoms with E-state index in [0.29, 0.717) is 11.5 Å². The summed E-state index contributed by atoms with van der Waals surface area (Å²) >= 11 is 0. The van der Waals surface area contributed by atoms with Crippen molar-refractivity contribution >= 4 is 11.4 Å². The van der Waals surface area contributed by atoms with E-state index in [0.717, 1.165) is 6.07 Å². The monoisotopic (exact) mass is 221 g/mol. The Morgan fingerprint density at radius 1 is 1.19 bits per heavy atom. The van der Waals surface area contributed by atoms with E-state index < -0.39 is 9.85 Å². The van der Waals surface area contributed by atoms with Gasteiger partial charge in [0.1, 0.15) is 0 Å². The van der Waals surface area contributed by atoms with Crippen molar-refractivity contribution in [2.45, 2.75) is 6.92 Å². The molecule has 0 aromatic heterocycles. The van der Waals surface area contributed by atoms with Gasteiger partial charge in [-0.25, -0.2) is 0 Å². The van der Waals surface area contributed by atoms with Gasteiger partial charge < -0.3 is 0 Å². The first-order valence-corrected chi connectivity index (χ1v) is 4.36. The van der Waals surface area contributed by atoms with Gasteiger partial charge in [0.05, 0.1) is 15.9 Å². The molecule has 1 aromatic carbocycles. The van der Waals surface area contributed by atoms with Crippen LogP contribution in [0.15, 0.2) is 30.9 Å². The highest BCUT2D eigenvalue weighted by Gasteiger charge is 2.18. The molecule has 0 spiro atoms. The van der Waals surface area contributed by atoms with Crippen molar-refractivity contribution in [3.8, 4) is 0 Å². The van der Waals surface area contributed by atoms with Crippen LogP contribution in [0, 0.1) is 26.1 Å². The minimum absolute atomic E-state index is 0.301. The van der Waals surface area contributed by atoms with Crippen molar-refractivity contribution in [2.24, 2.45) is 0 Å². The maximum absolute atomic E-state index is 10.6. The van der Waals surface area contributed by atoms with Gasteiger partial charge in [0.25, 0.3) is 11.4 Å². The molecule has 1 radical (unpaired) electrons. The molecule has 0 aliphatic carbocycles. The second-order valence-corrected chi connectivity index (χ2v) is 3.14. The molecule has 0 saturated carbocycles. The number of hydrogen-bond acceptors (Lipinski definition) is 4. The normalized spacial score (nSPS) is 10.1. The Morgan fingerprint density at radius 3 is 1.94 bits per heavy atom. The van der Waals surface area contributed by atoms with Crippen molar-refractivity contribution in [1.29, 1.82) is 0 Å². The number of nitro benzene ring substituents is 2. The summed E-state index contributed by atoms with van der Waals surface area (Å²) < 4.78 is 0. The zero-order valence-electron chi connectivity index (χ0n) is 8.54. The summed E-state index contributed by atoms with van der Waals surface area (Å²) in [7, 11) is 0. The number of nitro groups is 2. The van der Waals surface area contributed by atoms with Crippen LogP contribution in [0.3, 0.4) is 0 Å². The van der Waals surface area contributed by atoms with E-state index in [4.69, 9.17) is 0 Å². The zero-order chi connectivity index (χ0) is 12.3. The Labute approximate surface area is 91.5 Å². The van der Waals surface area contributed by atoms with Gasteiger partial charge >= 0.3 is 0 Å². The molecular weight excluding hydrogens is 212 g/mol. The third-order valence-electron chi connectivity index (χ3n) is 2.09.